The molecule has 3 rings (SSSR count). The molecule has 5 N–H and O–H groups in total. The Bertz CT molecular complexity index is 1280. The van der Waals surface area contributed by atoms with Crippen LogP contribution in [0.2, 0.25) is 0 Å². The zero-order valence-electron chi connectivity index (χ0n) is 23.3. The summed E-state index contributed by atoms with van der Waals surface area (Å²) in [6, 6.07) is 15.3. The highest BCUT2D eigenvalue weighted by Crippen LogP contribution is 2.19. The molecule has 0 fully saturated rings. The lowest BCUT2D eigenvalue weighted by Gasteiger charge is -2.24. The number of para-hydroxylation sites is 1. The Labute approximate surface area is 240 Å². The molecule has 40 heavy (non-hydrogen) atoms. The van der Waals surface area contributed by atoms with E-state index in [4.69, 9.17) is 17.0 Å². The largest absolute Gasteiger partial charge is 0.445 e. The van der Waals surface area contributed by atoms with Crippen molar-refractivity contribution in [2.75, 3.05) is 6.54 Å². The Balaban J connectivity index is 1.71. The third-order valence-electron chi connectivity index (χ3n) is 6.28. The first-order valence-corrected chi connectivity index (χ1v) is 14.0. The van der Waals surface area contributed by atoms with Crippen molar-refractivity contribution in [1.82, 2.24) is 26.3 Å². The molecule has 10 heteroatoms. The van der Waals surface area contributed by atoms with Crippen molar-refractivity contribution in [3.63, 3.8) is 0 Å². The van der Waals surface area contributed by atoms with Crippen LogP contribution in [0, 0.1) is 0 Å². The van der Waals surface area contributed by atoms with E-state index < -0.39 is 24.1 Å². The Kier molecular flexibility index (Phi) is 12.0. The van der Waals surface area contributed by atoms with Crippen LogP contribution in [-0.4, -0.2) is 52.6 Å². The Morgan fingerprint density at radius 3 is 2.33 bits per heavy atom. The number of amides is 3. The van der Waals surface area contributed by atoms with E-state index in [9.17, 15) is 14.4 Å². The van der Waals surface area contributed by atoms with Gasteiger partial charge in [-0.15, -0.1) is 0 Å². The fourth-order valence-electron chi connectivity index (χ4n) is 4.30. The van der Waals surface area contributed by atoms with E-state index in [0.29, 0.717) is 24.4 Å². The molecular weight excluding hydrogens is 526 g/mol. The smallest absolute Gasteiger partial charge is 0.408 e. The molecule has 3 aromatic rings. The first-order valence-electron chi connectivity index (χ1n) is 13.6. The van der Waals surface area contributed by atoms with Gasteiger partial charge in [-0.3, -0.25) is 9.59 Å². The number of thiocarbonyl (C=S) groups is 1. The molecule has 0 saturated carbocycles. The van der Waals surface area contributed by atoms with Gasteiger partial charge in [0, 0.05) is 36.1 Å². The summed E-state index contributed by atoms with van der Waals surface area (Å²) in [6.45, 7) is 6.30. The highest BCUT2D eigenvalue weighted by molar-refractivity contribution is 7.80. The number of rotatable bonds is 14. The number of aromatic amines is 1. The minimum absolute atomic E-state index is 0.0822. The fraction of sp³-hybridized carbons (Fsp3) is 0.400. The average molecular weight is 566 g/mol. The SMILES string of the molecule is CC(=S)NCCCC[C@H](NC(=O)OCc1ccccc1)C(=O)N[C@@H](Cc1c[nH]c2ccccc12)C(=O)NC(C)C. The molecule has 3 amide bonds. The maximum Gasteiger partial charge on any atom is 0.408 e. The van der Waals surface area contributed by atoms with Crippen molar-refractivity contribution in [1.29, 1.82) is 0 Å². The van der Waals surface area contributed by atoms with Crippen LogP contribution >= 0.6 is 12.2 Å². The first-order chi connectivity index (χ1) is 19.2. The number of hydrogen-bond donors (Lipinski definition) is 5. The second-order valence-corrected chi connectivity index (χ2v) is 10.6. The van der Waals surface area contributed by atoms with Crippen molar-refractivity contribution in [3.8, 4) is 0 Å². The van der Waals surface area contributed by atoms with Crippen LogP contribution in [0.3, 0.4) is 0 Å². The van der Waals surface area contributed by atoms with Crippen LogP contribution in [0.4, 0.5) is 4.79 Å². The van der Waals surface area contributed by atoms with E-state index in [1.165, 1.54) is 0 Å². The second kappa shape index (κ2) is 15.6. The Hall–Kier alpha value is -3.92. The molecule has 0 saturated heterocycles. The number of unbranched alkanes of at least 4 members (excludes halogenated alkanes) is 1. The normalized spacial score (nSPS) is 12.4. The van der Waals surface area contributed by atoms with Gasteiger partial charge in [0.2, 0.25) is 11.8 Å². The maximum atomic E-state index is 13.5. The molecule has 0 unspecified atom stereocenters. The standard InChI is InChI=1S/C30H39N5O4S/c1-20(2)33-29(37)27(17-23-18-32-25-14-8-7-13-24(23)25)34-28(36)26(15-9-10-16-31-21(3)40)35-30(38)39-19-22-11-5-4-6-12-22/h4-8,11-14,18,20,26-27,32H,9-10,15-17,19H2,1-3H3,(H,31,40)(H,33,37)(H,34,36)(H,35,38)/t26-,27-/m0/s1. The minimum atomic E-state index is -0.880. The van der Waals surface area contributed by atoms with E-state index in [0.717, 1.165) is 28.5 Å². The number of fused-ring (bicyclic) bond motifs is 1. The molecule has 0 aliphatic heterocycles. The van der Waals surface area contributed by atoms with Gasteiger partial charge in [0.25, 0.3) is 0 Å². The highest BCUT2D eigenvalue weighted by atomic mass is 32.1. The third kappa shape index (κ3) is 10.00. The van der Waals surface area contributed by atoms with Crippen LogP contribution in [0.15, 0.2) is 60.8 Å². The minimum Gasteiger partial charge on any atom is -0.445 e. The van der Waals surface area contributed by atoms with Gasteiger partial charge in [0.05, 0.1) is 4.99 Å². The molecule has 1 aromatic heterocycles. The van der Waals surface area contributed by atoms with E-state index in [1.807, 2.05) is 81.6 Å². The first kappa shape index (κ1) is 30.6. The average Bonchev–Trinajstić information content (AvgIpc) is 3.33. The van der Waals surface area contributed by atoms with Crippen LogP contribution in [0.5, 0.6) is 0 Å². The lowest BCUT2D eigenvalue weighted by molar-refractivity contribution is -0.130. The summed E-state index contributed by atoms with van der Waals surface area (Å²) in [6.07, 6.45) is 3.22. The fourth-order valence-corrected chi connectivity index (χ4v) is 4.40. The van der Waals surface area contributed by atoms with Gasteiger partial charge in [0.1, 0.15) is 18.7 Å². The number of benzene rings is 2. The zero-order chi connectivity index (χ0) is 28.9. The van der Waals surface area contributed by atoms with Gasteiger partial charge in [-0.2, -0.15) is 0 Å². The van der Waals surface area contributed by atoms with Gasteiger partial charge in [-0.05, 0) is 57.2 Å². The molecule has 0 spiro atoms. The summed E-state index contributed by atoms with van der Waals surface area (Å²) >= 11 is 5.05. The molecule has 2 aromatic carbocycles. The third-order valence-corrected chi connectivity index (χ3v) is 6.42. The van der Waals surface area contributed by atoms with Crippen molar-refractivity contribution < 1.29 is 19.1 Å². The maximum absolute atomic E-state index is 13.5. The number of nitrogens with one attached hydrogen (secondary N) is 5. The number of alkyl carbamates (subject to hydrolysis) is 1. The lowest BCUT2D eigenvalue weighted by atomic mass is 10.0. The summed E-state index contributed by atoms with van der Waals surface area (Å²) in [4.78, 5) is 43.2. The zero-order valence-corrected chi connectivity index (χ0v) is 24.1. The summed E-state index contributed by atoms with van der Waals surface area (Å²) in [5, 5.41) is 12.6. The summed E-state index contributed by atoms with van der Waals surface area (Å²) in [7, 11) is 0. The van der Waals surface area contributed by atoms with Crippen molar-refractivity contribution in [2.45, 2.75) is 71.2 Å². The molecule has 0 bridgehead atoms. The van der Waals surface area contributed by atoms with Crippen LogP contribution < -0.4 is 21.3 Å². The molecule has 9 nitrogen and oxygen atoms in total. The van der Waals surface area contributed by atoms with Gasteiger partial charge in [0.15, 0.2) is 0 Å². The van der Waals surface area contributed by atoms with Crippen LogP contribution in [-0.2, 0) is 27.4 Å². The molecule has 1 heterocycles. The number of carbonyl (C=O) groups is 3. The monoisotopic (exact) mass is 565 g/mol. The van der Waals surface area contributed by atoms with E-state index in [-0.39, 0.29) is 25.0 Å². The Morgan fingerprint density at radius 1 is 0.900 bits per heavy atom. The van der Waals surface area contributed by atoms with Crippen molar-refractivity contribution >= 4 is 46.0 Å². The molecule has 0 aliphatic rings. The summed E-state index contributed by atoms with van der Waals surface area (Å²) in [5.41, 5.74) is 2.70. The van der Waals surface area contributed by atoms with Gasteiger partial charge in [-0.25, -0.2) is 4.79 Å². The molecular formula is C30H39N5O4S. The predicted octanol–water partition coefficient (Wildman–Crippen LogP) is 4.12. The highest BCUT2D eigenvalue weighted by Gasteiger charge is 2.28. The number of hydrogen-bond acceptors (Lipinski definition) is 5. The summed E-state index contributed by atoms with van der Waals surface area (Å²) in [5.74, 6) is -0.737. The number of H-pyrrole nitrogens is 1. The van der Waals surface area contributed by atoms with Gasteiger partial charge >= 0.3 is 6.09 Å². The Morgan fingerprint density at radius 2 is 1.60 bits per heavy atom. The second-order valence-electron chi connectivity index (χ2n) is 10.0. The van der Waals surface area contributed by atoms with E-state index >= 15 is 0 Å². The molecule has 0 aliphatic carbocycles. The van der Waals surface area contributed by atoms with Gasteiger partial charge < -0.3 is 31.0 Å². The topological polar surface area (TPSA) is 124 Å². The predicted molar refractivity (Wildman–Crippen MR) is 161 cm³/mol. The van der Waals surface area contributed by atoms with E-state index in [2.05, 4.69) is 26.3 Å². The summed E-state index contributed by atoms with van der Waals surface area (Å²) < 4.78 is 5.36. The number of ether oxygens (including phenoxy) is 1. The van der Waals surface area contributed by atoms with Crippen LogP contribution in [0.1, 0.15) is 51.2 Å². The van der Waals surface area contributed by atoms with Crippen LogP contribution in [0.25, 0.3) is 10.9 Å². The number of aromatic nitrogens is 1. The lowest BCUT2D eigenvalue weighted by Crippen LogP contribution is -2.55. The van der Waals surface area contributed by atoms with Crippen molar-refractivity contribution in [3.05, 3.63) is 71.9 Å². The molecule has 214 valence electrons. The van der Waals surface area contributed by atoms with Crippen molar-refractivity contribution in [2.24, 2.45) is 0 Å². The molecule has 0 radical (unpaired) electrons. The quantitative estimate of drug-likeness (QED) is 0.148. The number of carbonyl (C=O) groups excluding carboxylic acids is 3. The molecule has 2 atom stereocenters. The van der Waals surface area contributed by atoms with Gasteiger partial charge in [-0.1, -0.05) is 60.7 Å². The van der Waals surface area contributed by atoms with E-state index in [1.54, 1.807) is 0 Å².